The molecule has 4 rings (SSSR count). The molecule has 0 bridgehead atoms. The zero-order valence-corrected chi connectivity index (χ0v) is 17.3. The molecule has 138 valence electrons. The first-order valence-electron chi connectivity index (χ1n) is 8.83. The molecule has 3 nitrogen and oxygen atoms in total. The van der Waals surface area contributed by atoms with Gasteiger partial charge in [-0.1, -0.05) is 88.7 Å². The molecule has 0 unspecified atom stereocenters. The largest absolute Gasteiger partial charge is 0.301 e. The summed E-state index contributed by atoms with van der Waals surface area (Å²) in [6.45, 7) is 0. The van der Waals surface area contributed by atoms with Crippen LogP contribution in [-0.4, -0.2) is 10.9 Å². The Labute approximate surface area is 176 Å². The molecule has 0 spiro atoms. The topological polar surface area (TPSA) is 42.0 Å². The molecule has 0 aliphatic rings. The van der Waals surface area contributed by atoms with Gasteiger partial charge in [-0.3, -0.25) is 4.79 Å². The summed E-state index contributed by atoms with van der Waals surface area (Å²) in [5.74, 6) is -0.479. The maximum atomic E-state index is 13.2. The molecule has 5 heteroatoms. The van der Waals surface area contributed by atoms with Gasteiger partial charge in [0, 0.05) is 15.4 Å². The van der Waals surface area contributed by atoms with Gasteiger partial charge in [-0.15, -0.1) is 11.3 Å². The second-order valence-corrected chi connectivity index (χ2v) is 8.07. The fourth-order valence-corrected chi connectivity index (χ4v) is 4.20. The lowest BCUT2D eigenvalue weighted by molar-refractivity contribution is -0.116. The van der Waals surface area contributed by atoms with E-state index >= 15 is 0 Å². The van der Waals surface area contributed by atoms with E-state index in [0.717, 1.165) is 26.9 Å². The van der Waals surface area contributed by atoms with E-state index in [-0.39, 0.29) is 11.8 Å². The van der Waals surface area contributed by atoms with Crippen molar-refractivity contribution in [3.8, 4) is 11.3 Å². The van der Waals surface area contributed by atoms with Gasteiger partial charge in [0.2, 0.25) is 5.91 Å². The lowest BCUT2D eigenvalue weighted by atomic mass is 9.90. The average Bonchev–Trinajstić information content (AvgIpc) is 3.18. The van der Waals surface area contributed by atoms with Crippen LogP contribution < -0.4 is 5.32 Å². The van der Waals surface area contributed by atoms with E-state index in [9.17, 15) is 4.79 Å². The van der Waals surface area contributed by atoms with Crippen molar-refractivity contribution in [3.05, 3.63) is 106 Å². The molecule has 1 amide bonds. The smallest absolute Gasteiger partial charge is 0.238 e. The highest BCUT2D eigenvalue weighted by Gasteiger charge is 2.23. The van der Waals surface area contributed by atoms with Crippen LogP contribution in [0.25, 0.3) is 11.3 Å². The molecule has 0 saturated carbocycles. The van der Waals surface area contributed by atoms with E-state index in [1.54, 1.807) is 0 Å². The quantitative estimate of drug-likeness (QED) is 0.386. The van der Waals surface area contributed by atoms with Gasteiger partial charge in [0.15, 0.2) is 5.13 Å². The van der Waals surface area contributed by atoms with Crippen LogP contribution in [0.4, 0.5) is 5.13 Å². The first-order valence-corrected chi connectivity index (χ1v) is 10.5. The van der Waals surface area contributed by atoms with Crippen molar-refractivity contribution in [1.82, 2.24) is 4.98 Å². The van der Waals surface area contributed by atoms with Crippen LogP contribution in [-0.2, 0) is 4.79 Å². The minimum atomic E-state index is -0.388. The molecule has 1 heterocycles. The van der Waals surface area contributed by atoms with Gasteiger partial charge in [-0.05, 0) is 23.3 Å². The molecule has 0 saturated heterocycles. The van der Waals surface area contributed by atoms with Gasteiger partial charge in [0.1, 0.15) is 0 Å². The minimum Gasteiger partial charge on any atom is -0.301 e. The first kappa shape index (κ1) is 18.6. The molecule has 0 radical (unpaired) electrons. The summed E-state index contributed by atoms with van der Waals surface area (Å²) in [5, 5.41) is 5.55. The number of carbonyl (C=O) groups excluding carboxylic acids is 1. The summed E-state index contributed by atoms with van der Waals surface area (Å²) < 4.78 is 0.997. The second-order valence-electron chi connectivity index (χ2n) is 6.29. The highest BCUT2D eigenvalue weighted by Crippen LogP contribution is 2.30. The van der Waals surface area contributed by atoms with Crippen molar-refractivity contribution in [2.45, 2.75) is 5.92 Å². The van der Waals surface area contributed by atoms with E-state index < -0.39 is 0 Å². The number of benzene rings is 3. The Hall–Kier alpha value is -2.76. The van der Waals surface area contributed by atoms with Crippen LogP contribution >= 0.6 is 27.3 Å². The van der Waals surface area contributed by atoms with Crippen LogP contribution in [0.5, 0.6) is 0 Å². The highest BCUT2D eigenvalue weighted by molar-refractivity contribution is 9.10. The Balaban J connectivity index is 1.60. The first-order chi connectivity index (χ1) is 13.7. The zero-order chi connectivity index (χ0) is 19.3. The summed E-state index contributed by atoms with van der Waals surface area (Å²) in [4.78, 5) is 17.8. The fourth-order valence-electron chi connectivity index (χ4n) is 3.08. The van der Waals surface area contributed by atoms with E-state index in [1.165, 1.54) is 11.3 Å². The van der Waals surface area contributed by atoms with Crippen molar-refractivity contribution >= 4 is 38.3 Å². The standard InChI is InChI=1S/C23H17BrN2OS/c24-19-13-7-12-18(14-19)20-15-28-23(25-20)26-22(27)21(16-8-3-1-4-9-16)17-10-5-2-6-11-17/h1-15,21H,(H,25,26,27). The maximum absolute atomic E-state index is 13.2. The van der Waals surface area contributed by atoms with Gasteiger partial charge in [0.25, 0.3) is 0 Å². The van der Waals surface area contributed by atoms with E-state index in [2.05, 4.69) is 26.2 Å². The Kier molecular flexibility index (Phi) is 5.65. The van der Waals surface area contributed by atoms with Crippen LogP contribution in [0, 0.1) is 0 Å². The molecule has 28 heavy (non-hydrogen) atoms. The van der Waals surface area contributed by atoms with Crippen molar-refractivity contribution in [2.75, 3.05) is 5.32 Å². The number of hydrogen-bond donors (Lipinski definition) is 1. The molecule has 0 atom stereocenters. The predicted octanol–water partition coefficient (Wildman–Crippen LogP) is 6.34. The van der Waals surface area contributed by atoms with Gasteiger partial charge in [-0.2, -0.15) is 0 Å². The van der Waals surface area contributed by atoms with Gasteiger partial charge >= 0.3 is 0 Å². The second kappa shape index (κ2) is 8.50. The molecule has 4 aromatic rings. The lowest BCUT2D eigenvalue weighted by Gasteiger charge is -2.17. The summed E-state index contributed by atoms with van der Waals surface area (Å²) in [5.41, 5.74) is 3.76. The Morgan fingerprint density at radius 2 is 1.54 bits per heavy atom. The van der Waals surface area contributed by atoms with Crippen LogP contribution in [0.2, 0.25) is 0 Å². The molecular formula is C23H17BrN2OS. The number of amides is 1. The molecule has 0 aliphatic heterocycles. The normalized spacial score (nSPS) is 10.8. The third-order valence-corrected chi connectivity index (χ3v) is 5.63. The molecule has 3 aromatic carbocycles. The predicted molar refractivity (Wildman–Crippen MR) is 119 cm³/mol. The van der Waals surface area contributed by atoms with Crippen molar-refractivity contribution in [3.63, 3.8) is 0 Å². The number of rotatable bonds is 5. The number of halogens is 1. The number of aromatic nitrogens is 1. The van der Waals surface area contributed by atoms with Gasteiger partial charge in [-0.25, -0.2) is 4.98 Å². The van der Waals surface area contributed by atoms with Crippen molar-refractivity contribution in [2.24, 2.45) is 0 Å². The van der Waals surface area contributed by atoms with Crippen molar-refractivity contribution < 1.29 is 4.79 Å². The third kappa shape index (κ3) is 4.21. The molecular weight excluding hydrogens is 432 g/mol. The fraction of sp³-hybridized carbons (Fsp3) is 0.0435. The Bertz CT molecular complexity index is 1040. The van der Waals surface area contributed by atoms with Crippen LogP contribution in [0.3, 0.4) is 0 Å². The number of nitrogens with one attached hydrogen (secondary N) is 1. The third-order valence-electron chi connectivity index (χ3n) is 4.38. The Morgan fingerprint density at radius 1 is 0.893 bits per heavy atom. The summed E-state index contributed by atoms with van der Waals surface area (Å²) in [6.07, 6.45) is 0. The Morgan fingerprint density at radius 3 is 2.14 bits per heavy atom. The lowest BCUT2D eigenvalue weighted by Crippen LogP contribution is -2.22. The summed E-state index contributed by atoms with van der Waals surface area (Å²) >= 11 is 4.91. The molecule has 1 aromatic heterocycles. The number of nitrogens with zero attached hydrogens (tertiary/aromatic N) is 1. The van der Waals surface area contributed by atoms with E-state index in [4.69, 9.17) is 0 Å². The maximum Gasteiger partial charge on any atom is 0.238 e. The monoisotopic (exact) mass is 448 g/mol. The summed E-state index contributed by atoms with van der Waals surface area (Å²) in [7, 11) is 0. The van der Waals surface area contributed by atoms with Gasteiger partial charge in [0.05, 0.1) is 11.6 Å². The van der Waals surface area contributed by atoms with Crippen LogP contribution in [0.15, 0.2) is 94.8 Å². The molecule has 0 fully saturated rings. The summed E-state index contributed by atoms with van der Waals surface area (Å²) in [6, 6.07) is 27.6. The number of thiazole rings is 1. The zero-order valence-electron chi connectivity index (χ0n) is 14.9. The van der Waals surface area contributed by atoms with E-state index in [1.807, 2.05) is 90.3 Å². The molecule has 0 aliphatic carbocycles. The minimum absolute atomic E-state index is 0.0902. The average molecular weight is 449 g/mol. The number of anilines is 1. The number of hydrogen-bond acceptors (Lipinski definition) is 3. The van der Waals surface area contributed by atoms with Crippen molar-refractivity contribution in [1.29, 1.82) is 0 Å². The van der Waals surface area contributed by atoms with Crippen LogP contribution in [0.1, 0.15) is 17.0 Å². The van der Waals surface area contributed by atoms with E-state index in [0.29, 0.717) is 5.13 Å². The highest BCUT2D eigenvalue weighted by atomic mass is 79.9. The molecule has 1 N–H and O–H groups in total. The number of carbonyl (C=O) groups is 1. The SMILES string of the molecule is O=C(Nc1nc(-c2cccc(Br)c2)cs1)C(c1ccccc1)c1ccccc1. The van der Waals surface area contributed by atoms with Gasteiger partial charge < -0.3 is 5.32 Å².